The smallest absolute Gasteiger partial charge is 0.219 e. The Morgan fingerprint density at radius 2 is 2.06 bits per heavy atom. The third-order valence-electron chi connectivity index (χ3n) is 3.34. The van der Waals surface area contributed by atoms with Crippen LogP contribution in [0.2, 0.25) is 0 Å². The molecule has 1 aromatic rings. The molecule has 0 saturated carbocycles. The number of nitrogens with two attached hydrogens (primary N) is 1. The molecule has 0 aromatic carbocycles. The largest absolute Gasteiger partial charge is 0.382 e. The Bertz CT molecular complexity index is 395. The minimum Gasteiger partial charge on any atom is -0.382 e. The van der Waals surface area contributed by atoms with Crippen LogP contribution in [0.1, 0.15) is 13.3 Å². The summed E-state index contributed by atoms with van der Waals surface area (Å²) in [7, 11) is 0. The van der Waals surface area contributed by atoms with Gasteiger partial charge >= 0.3 is 0 Å². The van der Waals surface area contributed by atoms with Gasteiger partial charge in [-0.2, -0.15) is 5.10 Å². The molecule has 1 fully saturated rings. The molecule has 2 heterocycles. The maximum atomic E-state index is 11.2. The van der Waals surface area contributed by atoms with Crippen molar-refractivity contribution in [2.75, 3.05) is 38.5 Å². The van der Waals surface area contributed by atoms with Gasteiger partial charge in [0.2, 0.25) is 5.91 Å². The molecule has 1 aliphatic heterocycles. The number of nitrogens with zero attached hydrogens (tertiary/aromatic N) is 4. The average Bonchev–Trinajstić information content (AvgIpc) is 2.76. The molecular formula is C12H21N5O. The lowest BCUT2D eigenvalue weighted by Gasteiger charge is -2.34. The number of carbonyl (C=O) groups excluding carboxylic acids is 1. The van der Waals surface area contributed by atoms with Gasteiger partial charge in [-0.1, -0.05) is 0 Å². The maximum Gasteiger partial charge on any atom is 0.219 e. The summed E-state index contributed by atoms with van der Waals surface area (Å²) in [6, 6.07) is 1.81. The van der Waals surface area contributed by atoms with Crippen molar-refractivity contribution >= 4 is 11.7 Å². The molecule has 2 rings (SSSR count). The highest BCUT2D eigenvalue weighted by Gasteiger charge is 2.17. The predicted molar refractivity (Wildman–Crippen MR) is 70.0 cm³/mol. The second-order valence-electron chi connectivity index (χ2n) is 4.70. The van der Waals surface area contributed by atoms with E-state index in [1.165, 1.54) is 0 Å². The topological polar surface area (TPSA) is 67.4 Å². The lowest BCUT2D eigenvalue weighted by Crippen LogP contribution is -2.48. The Morgan fingerprint density at radius 3 is 2.61 bits per heavy atom. The number of aromatic nitrogens is 2. The standard InChI is InChI=1S/C12H21N5O/c1-11(18)16-9-7-15(8-10-16)4-2-5-17-6-3-12(13)14-17/h3,6H,2,4-5,7-10H2,1H3,(H2,13,14). The number of piperazine rings is 1. The van der Waals surface area contributed by atoms with Crippen LogP contribution in [0.3, 0.4) is 0 Å². The lowest BCUT2D eigenvalue weighted by atomic mass is 10.3. The number of nitrogen functional groups attached to an aromatic ring is 1. The first-order chi connectivity index (χ1) is 8.65. The monoisotopic (exact) mass is 251 g/mol. The SMILES string of the molecule is CC(=O)N1CCN(CCCn2ccc(N)n2)CC1. The van der Waals surface area contributed by atoms with Crippen LogP contribution >= 0.6 is 0 Å². The minimum absolute atomic E-state index is 0.182. The summed E-state index contributed by atoms with van der Waals surface area (Å²) < 4.78 is 1.88. The minimum atomic E-state index is 0.182. The fourth-order valence-electron chi connectivity index (χ4n) is 2.24. The summed E-state index contributed by atoms with van der Waals surface area (Å²) in [6.45, 7) is 7.23. The zero-order chi connectivity index (χ0) is 13.0. The van der Waals surface area contributed by atoms with Crippen LogP contribution < -0.4 is 5.73 Å². The van der Waals surface area contributed by atoms with Crippen LogP contribution in [0.5, 0.6) is 0 Å². The fraction of sp³-hybridized carbons (Fsp3) is 0.667. The van der Waals surface area contributed by atoms with Crippen molar-refractivity contribution in [3.63, 3.8) is 0 Å². The van der Waals surface area contributed by atoms with Crippen molar-refractivity contribution in [1.82, 2.24) is 19.6 Å². The zero-order valence-electron chi connectivity index (χ0n) is 10.9. The van der Waals surface area contributed by atoms with Crippen molar-refractivity contribution < 1.29 is 4.79 Å². The van der Waals surface area contributed by atoms with Gasteiger partial charge in [0.05, 0.1) is 0 Å². The lowest BCUT2D eigenvalue weighted by molar-refractivity contribution is -0.130. The van der Waals surface area contributed by atoms with Crippen LogP contribution in [0.15, 0.2) is 12.3 Å². The first-order valence-corrected chi connectivity index (χ1v) is 6.42. The molecule has 0 spiro atoms. The summed E-state index contributed by atoms with van der Waals surface area (Å²) in [5.41, 5.74) is 5.56. The van der Waals surface area contributed by atoms with Crippen LogP contribution in [0.25, 0.3) is 0 Å². The van der Waals surface area contributed by atoms with Crippen molar-refractivity contribution in [2.45, 2.75) is 19.9 Å². The second-order valence-corrected chi connectivity index (χ2v) is 4.70. The van der Waals surface area contributed by atoms with Gasteiger partial charge in [-0.3, -0.25) is 14.4 Å². The first-order valence-electron chi connectivity index (χ1n) is 6.42. The summed E-state index contributed by atoms with van der Waals surface area (Å²) in [5.74, 6) is 0.756. The molecule has 0 atom stereocenters. The summed E-state index contributed by atoms with van der Waals surface area (Å²) in [6.07, 6.45) is 2.96. The van der Waals surface area contributed by atoms with E-state index in [-0.39, 0.29) is 5.91 Å². The molecule has 2 N–H and O–H groups in total. The molecular weight excluding hydrogens is 230 g/mol. The highest BCUT2D eigenvalue weighted by atomic mass is 16.2. The van der Waals surface area contributed by atoms with Crippen LogP contribution in [0.4, 0.5) is 5.82 Å². The molecule has 100 valence electrons. The van der Waals surface area contributed by atoms with E-state index < -0.39 is 0 Å². The van der Waals surface area contributed by atoms with E-state index in [0.717, 1.165) is 45.7 Å². The molecule has 0 unspecified atom stereocenters. The van der Waals surface area contributed by atoms with E-state index in [1.54, 1.807) is 6.92 Å². The van der Waals surface area contributed by atoms with E-state index >= 15 is 0 Å². The molecule has 0 bridgehead atoms. The zero-order valence-corrected chi connectivity index (χ0v) is 10.9. The second kappa shape index (κ2) is 5.86. The number of rotatable bonds is 4. The van der Waals surface area contributed by atoms with E-state index in [1.807, 2.05) is 21.8 Å². The highest BCUT2D eigenvalue weighted by molar-refractivity contribution is 5.73. The fourth-order valence-corrected chi connectivity index (χ4v) is 2.24. The van der Waals surface area contributed by atoms with E-state index in [0.29, 0.717) is 5.82 Å². The number of hydrogen-bond donors (Lipinski definition) is 1. The quantitative estimate of drug-likeness (QED) is 0.819. The summed E-state index contributed by atoms with van der Waals surface area (Å²) in [4.78, 5) is 15.5. The van der Waals surface area contributed by atoms with Gasteiger partial charge in [-0.25, -0.2) is 0 Å². The summed E-state index contributed by atoms with van der Waals surface area (Å²) in [5, 5.41) is 4.15. The molecule has 1 amide bonds. The van der Waals surface area contributed by atoms with Crippen LogP contribution in [0, 0.1) is 0 Å². The number of anilines is 1. The Balaban J connectivity index is 1.65. The number of amides is 1. The number of carbonyl (C=O) groups is 1. The predicted octanol–water partition coefficient (Wildman–Crippen LogP) is 0.0195. The number of hydrogen-bond acceptors (Lipinski definition) is 4. The third-order valence-corrected chi connectivity index (χ3v) is 3.34. The van der Waals surface area contributed by atoms with Gasteiger partial charge in [-0.05, 0) is 12.5 Å². The van der Waals surface area contributed by atoms with Gasteiger partial charge in [0.1, 0.15) is 5.82 Å². The highest BCUT2D eigenvalue weighted by Crippen LogP contribution is 2.04. The van der Waals surface area contributed by atoms with Gasteiger partial charge in [0.25, 0.3) is 0 Å². The first kappa shape index (κ1) is 12.9. The Kier molecular flexibility index (Phi) is 4.19. The molecule has 0 aliphatic carbocycles. The van der Waals surface area contributed by atoms with Gasteiger partial charge in [0, 0.05) is 52.4 Å². The van der Waals surface area contributed by atoms with Gasteiger partial charge < -0.3 is 10.6 Å². The molecule has 1 aliphatic rings. The Hall–Kier alpha value is -1.56. The molecule has 18 heavy (non-hydrogen) atoms. The average molecular weight is 251 g/mol. The van der Waals surface area contributed by atoms with E-state index in [2.05, 4.69) is 10.00 Å². The maximum absolute atomic E-state index is 11.2. The Morgan fingerprint density at radius 1 is 1.33 bits per heavy atom. The van der Waals surface area contributed by atoms with Gasteiger partial charge in [-0.15, -0.1) is 0 Å². The van der Waals surface area contributed by atoms with Crippen molar-refractivity contribution in [2.24, 2.45) is 0 Å². The van der Waals surface area contributed by atoms with Gasteiger partial charge in [0.15, 0.2) is 0 Å². The molecule has 6 heteroatoms. The van der Waals surface area contributed by atoms with Crippen LogP contribution in [-0.2, 0) is 11.3 Å². The molecule has 1 aromatic heterocycles. The van der Waals surface area contributed by atoms with Crippen molar-refractivity contribution in [3.8, 4) is 0 Å². The molecule has 6 nitrogen and oxygen atoms in total. The van der Waals surface area contributed by atoms with Crippen LogP contribution in [-0.4, -0.2) is 58.2 Å². The van der Waals surface area contributed by atoms with Crippen molar-refractivity contribution in [1.29, 1.82) is 0 Å². The third kappa shape index (κ3) is 3.46. The molecule has 0 radical (unpaired) electrons. The normalized spacial score (nSPS) is 17.1. The van der Waals surface area contributed by atoms with E-state index in [4.69, 9.17) is 5.73 Å². The Labute approximate surface area is 107 Å². The molecule has 1 saturated heterocycles. The summed E-state index contributed by atoms with van der Waals surface area (Å²) >= 11 is 0. The van der Waals surface area contributed by atoms with E-state index in [9.17, 15) is 4.79 Å². The number of aryl methyl sites for hydroxylation is 1. The van der Waals surface area contributed by atoms with Crippen molar-refractivity contribution in [3.05, 3.63) is 12.3 Å².